The number of aromatic amines is 1. The lowest BCUT2D eigenvalue weighted by molar-refractivity contribution is 0.238. The highest BCUT2D eigenvalue weighted by atomic mass is 32.2. The molecule has 0 saturated carbocycles. The van der Waals surface area contributed by atoms with E-state index in [0.29, 0.717) is 18.3 Å². The third-order valence-corrected chi connectivity index (χ3v) is 6.23. The number of nitrogens with one attached hydrogen (secondary N) is 2. The lowest BCUT2D eigenvalue weighted by Gasteiger charge is -2.33. The monoisotopic (exact) mass is 298 g/mol. The minimum Gasteiger partial charge on any atom is -0.332 e. The highest BCUT2D eigenvalue weighted by Gasteiger charge is 2.40. The van der Waals surface area contributed by atoms with E-state index in [0.717, 1.165) is 38.8 Å². The Morgan fingerprint density at radius 3 is 2.85 bits per heavy atom. The molecule has 0 amide bonds. The van der Waals surface area contributed by atoms with E-state index in [4.69, 9.17) is 0 Å². The van der Waals surface area contributed by atoms with Crippen molar-refractivity contribution in [2.45, 2.75) is 43.7 Å². The summed E-state index contributed by atoms with van der Waals surface area (Å²) >= 11 is 0. The number of sulfonamides is 1. The van der Waals surface area contributed by atoms with Crippen molar-refractivity contribution in [1.29, 1.82) is 0 Å². The summed E-state index contributed by atoms with van der Waals surface area (Å²) in [5.74, 6) is 1.07. The van der Waals surface area contributed by atoms with E-state index in [-0.39, 0.29) is 11.1 Å². The summed E-state index contributed by atoms with van der Waals surface area (Å²) < 4.78 is 27.2. The average molecular weight is 298 g/mol. The maximum absolute atomic E-state index is 12.7. The van der Waals surface area contributed by atoms with Gasteiger partial charge in [0, 0.05) is 12.6 Å². The average Bonchev–Trinajstić information content (AvgIpc) is 3.08. The first-order chi connectivity index (χ1) is 9.59. The molecule has 2 atom stereocenters. The first-order valence-corrected chi connectivity index (χ1v) is 8.77. The Hall–Kier alpha value is -0.920. The highest BCUT2D eigenvalue weighted by Crippen LogP contribution is 2.32. The smallest absolute Gasteiger partial charge is 0.260 e. The number of imidazole rings is 1. The lowest BCUT2D eigenvalue weighted by atomic mass is 9.91. The third kappa shape index (κ3) is 2.49. The first kappa shape index (κ1) is 14.0. The number of hydrogen-bond acceptors (Lipinski definition) is 4. The van der Waals surface area contributed by atoms with E-state index < -0.39 is 10.0 Å². The van der Waals surface area contributed by atoms with Crippen molar-refractivity contribution < 1.29 is 8.42 Å². The van der Waals surface area contributed by atoms with Crippen molar-refractivity contribution >= 4 is 10.0 Å². The summed E-state index contributed by atoms with van der Waals surface area (Å²) in [6.45, 7) is 4.38. The fourth-order valence-corrected chi connectivity index (χ4v) is 5.12. The van der Waals surface area contributed by atoms with E-state index in [9.17, 15) is 8.42 Å². The summed E-state index contributed by atoms with van der Waals surface area (Å²) in [5, 5.41) is 3.61. The zero-order valence-corrected chi connectivity index (χ0v) is 12.6. The van der Waals surface area contributed by atoms with E-state index in [1.807, 2.05) is 0 Å². The molecular weight excluding hydrogens is 276 g/mol. The molecule has 1 aromatic rings. The Bertz CT molecular complexity index is 563. The van der Waals surface area contributed by atoms with Crippen molar-refractivity contribution in [2.24, 2.45) is 5.92 Å². The van der Waals surface area contributed by atoms with E-state index in [1.54, 1.807) is 11.2 Å². The molecule has 0 aromatic carbocycles. The SMILES string of the molecule is Cc1ncc(S(=O)(=O)N2CCCC2C2CCCNC2)[nH]1. The van der Waals surface area contributed by atoms with Crippen molar-refractivity contribution in [1.82, 2.24) is 19.6 Å². The number of H-pyrrole nitrogens is 1. The maximum Gasteiger partial charge on any atom is 0.260 e. The largest absolute Gasteiger partial charge is 0.332 e. The van der Waals surface area contributed by atoms with Gasteiger partial charge in [0.2, 0.25) is 0 Å². The fourth-order valence-electron chi connectivity index (χ4n) is 3.40. The Morgan fingerprint density at radius 1 is 1.35 bits per heavy atom. The van der Waals surface area contributed by atoms with Gasteiger partial charge in [-0.05, 0) is 51.6 Å². The zero-order valence-electron chi connectivity index (χ0n) is 11.8. The fraction of sp³-hybridized carbons (Fsp3) is 0.769. The van der Waals surface area contributed by atoms with Crippen molar-refractivity contribution in [2.75, 3.05) is 19.6 Å². The van der Waals surface area contributed by atoms with Gasteiger partial charge in [-0.25, -0.2) is 13.4 Å². The topological polar surface area (TPSA) is 78.1 Å². The zero-order chi connectivity index (χ0) is 14.2. The molecule has 7 heteroatoms. The predicted molar refractivity (Wildman–Crippen MR) is 75.8 cm³/mol. The van der Waals surface area contributed by atoms with Gasteiger partial charge in [-0.15, -0.1) is 0 Å². The van der Waals surface area contributed by atoms with Crippen LogP contribution in [-0.4, -0.2) is 48.4 Å². The molecule has 1 aromatic heterocycles. The summed E-state index contributed by atoms with van der Waals surface area (Å²) in [7, 11) is -3.43. The van der Waals surface area contributed by atoms with Crippen LogP contribution in [0, 0.1) is 12.8 Å². The van der Waals surface area contributed by atoms with Gasteiger partial charge in [0.15, 0.2) is 5.03 Å². The highest BCUT2D eigenvalue weighted by molar-refractivity contribution is 7.89. The molecule has 112 valence electrons. The molecule has 2 unspecified atom stereocenters. The Kier molecular flexibility index (Phi) is 3.83. The number of nitrogens with zero attached hydrogens (tertiary/aromatic N) is 2. The summed E-state index contributed by atoms with van der Waals surface area (Å²) in [6, 6.07) is 0.136. The standard InChI is InChI=1S/C13H22N4O2S/c1-10-15-9-13(16-10)20(18,19)17-7-3-5-12(17)11-4-2-6-14-8-11/h9,11-12,14H,2-8H2,1H3,(H,15,16). The van der Waals surface area contributed by atoms with Crippen LogP contribution >= 0.6 is 0 Å². The first-order valence-electron chi connectivity index (χ1n) is 7.33. The van der Waals surface area contributed by atoms with Gasteiger partial charge in [-0.2, -0.15) is 4.31 Å². The minimum atomic E-state index is -3.43. The van der Waals surface area contributed by atoms with Crippen LogP contribution in [0.15, 0.2) is 11.2 Å². The van der Waals surface area contributed by atoms with Gasteiger partial charge >= 0.3 is 0 Å². The second-order valence-corrected chi connectivity index (χ2v) is 7.62. The summed E-state index contributed by atoms with van der Waals surface area (Å²) in [4.78, 5) is 6.88. The number of piperidine rings is 1. The summed E-state index contributed by atoms with van der Waals surface area (Å²) in [6.07, 6.45) is 5.61. The van der Waals surface area contributed by atoms with Crippen molar-refractivity contribution in [3.05, 3.63) is 12.0 Å². The second-order valence-electron chi connectivity index (χ2n) is 5.76. The number of aryl methyl sites for hydroxylation is 1. The van der Waals surface area contributed by atoms with Crippen LogP contribution in [0.25, 0.3) is 0 Å². The second kappa shape index (κ2) is 5.46. The Balaban J connectivity index is 1.84. The van der Waals surface area contributed by atoms with Gasteiger partial charge in [0.1, 0.15) is 5.82 Å². The van der Waals surface area contributed by atoms with Gasteiger partial charge in [-0.3, -0.25) is 0 Å². The molecule has 2 saturated heterocycles. The van der Waals surface area contributed by atoms with E-state index in [2.05, 4.69) is 15.3 Å². The molecular formula is C13H22N4O2S. The van der Waals surface area contributed by atoms with Crippen LogP contribution in [-0.2, 0) is 10.0 Å². The van der Waals surface area contributed by atoms with Crippen molar-refractivity contribution in [3.63, 3.8) is 0 Å². The number of hydrogen-bond donors (Lipinski definition) is 2. The molecule has 2 aliphatic rings. The molecule has 3 heterocycles. The molecule has 0 bridgehead atoms. The van der Waals surface area contributed by atoms with Crippen LogP contribution in [0.5, 0.6) is 0 Å². The Labute approximate surface area is 120 Å². The molecule has 0 radical (unpaired) electrons. The van der Waals surface area contributed by atoms with Crippen LogP contribution in [0.1, 0.15) is 31.5 Å². The van der Waals surface area contributed by atoms with Crippen LogP contribution in [0.2, 0.25) is 0 Å². The van der Waals surface area contributed by atoms with E-state index in [1.165, 1.54) is 6.20 Å². The maximum atomic E-state index is 12.7. The molecule has 0 spiro atoms. The van der Waals surface area contributed by atoms with Crippen LogP contribution in [0.3, 0.4) is 0 Å². The van der Waals surface area contributed by atoms with Crippen LogP contribution in [0.4, 0.5) is 0 Å². The third-order valence-electron chi connectivity index (χ3n) is 4.39. The molecule has 2 N–H and O–H groups in total. The molecule has 0 aliphatic carbocycles. The lowest BCUT2D eigenvalue weighted by Crippen LogP contribution is -2.45. The van der Waals surface area contributed by atoms with Crippen molar-refractivity contribution in [3.8, 4) is 0 Å². The minimum absolute atomic E-state index is 0.136. The van der Waals surface area contributed by atoms with Gasteiger partial charge in [-0.1, -0.05) is 0 Å². The predicted octanol–water partition coefficient (Wildman–Crippen LogP) is 0.871. The van der Waals surface area contributed by atoms with Crippen LogP contribution < -0.4 is 5.32 Å². The van der Waals surface area contributed by atoms with E-state index >= 15 is 0 Å². The van der Waals surface area contributed by atoms with Gasteiger partial charge < -0.3 is 10.3 Å². The van der Waals surface area contributed by atoms with Gasteiger partial charge in [0.05, 0.1) is 6.20 Å². The normalized spacial score (nSPS) is 28.9. The van der Waals surface area contributed by atoms with Gasteiger partial charge in [0.25, 0.3) is 10.0 Å². The summed E-state index contributed by atoms with van der Waals surface area (Å²) in [5.41, 5.74) is 0. The molecule has 2 aliphatic heterocycles. The molecule has 3 rings (SSSR count). The molecule has 2 fully saturated rings. The number of aromatic nitrogens is 2. The Morgan fingerprint density at radius 2 is 2.20 bits per heavy atom. The molecule has 20 heavy (non-hydrogen) atoms. The quantitative estimate of drug-likeness (QED) is 0.868. The molecule has 6 nitrogen and oxygen atoms in total. The number of rotatable bonds is 3.